The van der Waals surface area contributed by atoms with Gasteiger partial charge in [-0.1, -0.05) is 79.1 Å². The normalized spacial score (nSPS) is 18.9. The van der Waals surface area contributed by atoms with Crippen molar-refractivity contribution in [3.63, 3.8) is 0 Å². The predicted molar refractivity (Wildman–Crippen MR) is 147 cm³/mol. The number of hydrogen-bond donors (Lipinski definition) is 2. The molecule has 11 nitrogen and oxygen atoms in total. The number of carboxylic acids is 2. The summed E-state index contributed by atoms with van der Waals surface area (Å²) in [7, 11) is -5.01. The summed E-state index contributed by atoms with van der Waals surface area (Å²) < 4.78 is 44.6. The summed E-state index contributed by atoms with van der Waals surface area (Å²) in [5.74, 6) is -5.03. The molecule has 5 atom stereocenters. The van der Waals surface area contributed by atoms with Crippen LogP contribution in [-0.2, 0) is 38.8 Å². The van der Waals surface area contributed by atoms with Gasteiger partial charge in [0.15, 0.2) is 5.25 Å². The van der Waals surface area contributed by atoms with Gasteiger partial charge < -0.3 is 24.2 Å². The summed E-state index contributed by atoms with van der Waals surface area (Å²) in [5, 5.41) is 15.3. The topological polar surface area (TPSA) is 184 Å². The number of carbonyl (C=O) groups excluding carboxylic acids is 2. The maximum atomic E-state index is 12.1. The summed E-state index contributed by atoms with van der Waals surface area (Å²) in [5.41, 5.74) is 0. The van der Waals surface area contributed by atoms with Crippen molar-refractivity contribution < 1.29 is 81.4 Å². The molecule has 0 aromatic carbocycles. The zero-order valence-corrected chi connectivity index (χ0v) is 28.3. The Morgan fingerprint density at radius 2 is 1.22 bits per heavy atom. The van der Waals surface area contributed by atoms with Gasteiger partial charge in [0.25, 0.3) is 0 Å². The number of ether oxygens (including phenoxy) is 2. The van der Waals surface area contributed by atoms with Crippen LogP contribution in [-0.4, -0.2) is 65.5 Å². The SMILES string of the molecule is CCCCC(CC)COC(=O)CC(C(=O)OCC(CC)CCCC)S(=O)(=O)[O-].O=C(O)C1CCCCC1C(=O)O.[Na+]. The third-order valence-electron chi connectivity index (χ3n) is 7.39. The molecule has 1 rings (SSSR count). The number of carbonyl (C=O) groups is 4. The van der Waals surface area contributed by atoms with E-state index < -0.39 is 57.5 Å². The van der Waals surface area contributed by atoms with Gasteiger partial charge in [-0.15, -0.1) is 0 Å². The van der Waals surface area contributed by atoms with E-state index in [4.69, 9.17) is 19.7 Å². The minimum Gasteiger partial charge on any atom is -0.747 e. The van der Waals surface area contributed by atoms with Gasteiger partial charge >= 0.3 is 53.4 Å². The van der Waals surface area contributed by atoms with Crippen LogP contribution in [0.4, 0.5) is 0 Å². The van der Waals surface area contributed by atoms with Crippen molar-refractivity contribution in [3.8, 4) is 0 Å². The van der Waals surface area contributed by atoms with Gasteiger partial charge in [0, 0.05) is 0 Å². The number of rotatable bonds is 18. The standard InChI is InChI=1S/C20H38O7S.C8H12O4.Na/c1-5-9-11-16(7-3)14-26-19(21)13-18(28(23,24)25)20(22)27-15-17(8-4)12-10-6-2;9-7(10)5-3-1-2-4-6(5)8(11)12;/h16-18H,5-15H2,1-4H3,(H,23,24,25);5-6H,1-4H2,(H,9,10)(H,11,12);/q;;+1/p-1. The van der Waals surface area contributed by atoms with Gasteiger partial charge in [-0.25, -0.2) is 8.42 Å². The Kier molecular flexibility index (Phi) is 23.8. The number of carboxylic acid groups (broad SMARTS) is 2. The van der Waals surface area contributed by atoms with Gasteiger partial charge in [0.05, 0.1) is 31.5 Å². The van der Waals surface area contributed by atoms with Gasteiger partial charge in [-0.3, -0.25) is 19.2 Å². The van der Waals surface area contributed by atoms with Crippen molar-refractivity contribution in [1.29, 1.82) is 0 Å². The van der Waals surface area contributed by atoms with Crippen molar-refractivity contribution in [2.45, 2.75) is 116 Å². The van der Waals surface area contributed by atoms with Crippen LogP contribution < -0.4 is 29.6 Å². The molecule has 0 spiro atoms. The van der Waals surface area contributed by atoms with Crippen LogP contribution in [0.1, 0.15) is 111 Å². The van der Waals surface area contributed by atoms with Crippen LogP contribution in [0.25, 0.3) is 0 Å². The van der Waals surface area contributed by atoms with E-state index in [2.05, 4.69) is 13.8 Å². The molecule has 0 aromatic rings. The smallest absolute Gasteiger partial charge is 0.747 e. The molecule has 0 bridgehead atoms. The Morgan fingerprint density at radius 3 is 1.56 bits per heavy atom. The zero-order valence-electron chi connectivity index (χ0n) is 25.5. The fourth-order valence-corrected chi connectivity index (χ4v) is 5.18. The molecule has 0 radical (unpaired) electrons. The summed E-state index contributed by atoms with van der Waals surface area (Å²) in [6.45, 7) is 8.26. The van der Waals surface area contributed by atoms with Crippen LogP contribution >= 0.6 is 0 Å². The van der Waals surface area contributed by atoms with Crippen LogP contribution in [0.5, 0.6) is 0 Å². The maximum absolute atomic E-state index is 12.1. The Hall–Kier alpha value is -1.21. The van der Waals surface area contributed by atoms with E-state index in [0.717, 1.165) is 64.2 Å². The maximum Gasteiger partial charge on any atom is 1.00 e. The third kappa shape index (κ3) is 18.1. The van der Waals surface area contributed by atoms with E-state index in [1.165, 1.54) is 0 Å². The second-order valence-electron chi connectivity index (χ2n) is 10.5. The number of unbranched alkanes of at least 4 members (excludes halogenated alkanes) is 2. The summed E-state index contributed by atoms with van der Waals surface area (Å²) in [6.07, 6.45) is 9.26. The van der Waals surface area contributed by atoms with Crippen LogP contribution in [0, 0.1) is 23.7 Å². The monoisotopic (exact) mass is 616 g/mol. The van der Waals surface area contributed by atoms with E-state index in [-0.39, 0.29) is 54.6 Å². The first-order valence-electron chi connectivity index (χ1n) is 14.5. The number of aliphatic carboxylic acids is 2. The first-order valence-corrected chi connectivity index (χ1v) is 16.0. The van der Waals surface area contributed by atoms with E-state index in [9.17, 15) is 32.1 Å². The van der Waals surface area contributed by atoms with Crippen molar-refractivity contribution in [2.75, 3.05) is 13.2 Å². The minimum absolute atomic E-state index is 0. The Morgan fingerprint density at radius 1 is 0.805 bits per heavy atom. The third-order valence-corrected chi connectivity index (χ3v) is 8.45. The first-order chi connectivity index (χ1) is 18.8. The zero-order chi connectivity index (χ0) is 30.7. The Bertz CT molecular complexity index is 856. The molecule has 0 aromatic heterocycles. The summed E-state index contributed by atoms with van der Waals surface area (Å²) in [6, 6.07) is 0. The second kappa shape index (κ2) is 23.3. The second-order valence-corrected chi connectivity index (χ2v) is 12.1. The molecule has 0 heterocycles. The number of esters is 2. The van der Waals surface area contributed by atoms with Gasteiger partial charge in [-0.2, -0.15) is 0 Å². The van der Waals surface area contributed by atoms with Crippen molar-refractivity contribution in [3.05, 3.63) is 0 Å². The predicted octanol–water partition coefficient (Wildman–Crippen LogP) is 1.78. The molecular formula is C28H49NaO11S. The molecular weight excluding hydrogens is 567 g/mol. The van der Waals surface area contributed by atoms with Crippen LogP contribution in [0.15, 0.2) is 0 Å². The van der Waals surface area contributed by atoms with Crippen molar-refractivity contribution >= 4 is 34.0 Å². The molecule has 1 saturated carbocycles. The fourth-order valence-electron chi connectivity index (χ4n) is 4.54. The molecule has 0 saturated heterocycles. The van der Waals surface area contributed by atoms with Gasteiger partial charge in [0.1, 0.15) is 10.1 Å². The molecule has 41 heavy (non-hydrogen) atoms. The molecule has 1 aliphatic rings. The average Bonchev–Trinajstić information content (AvgIpc) is 2.91. The van der Waals surface area contributed by atoms with Crippen LogP contribution in [0.2, 0.25) is 0 Å². The molecule has 5 unspecified atom stereocenters. The van der Waals surface area contributed by atoms with Crippen molar-refractivity contribution in [1.82, 2.24) is 0 Å². The van der Waals surface area contributed by atoms with Crippen molar-refractivity contribution in [2.24, 2.45) is 23.7 Å². The van der Waals surface area contributed by atoms with E-state index in [0.29, 0.717) is 12.8 Å². The van der Waals surface area contributed by atoms with E-state index in [1.807, 2.05) is 13.8 Å². The quantitative estimate of drug-likeness (QED) is 0.130. The molecule has 2 N–H and O–H groups in total. The van der Waals surface area contributed by atoms with E-state index >= 15 is 0 Å². The fraction of sp³-hybridized carbons (Fsp3) is 0.857. The Labute approximate surface area is 267 Å². The Balaban J connectivity index is 0. The summed E-state index contributed by atoms with van der Waals surface area (Å²) >= 11 is 0. The molecule has 1 fully saturated rings. The average molecular weight is 617 g/mol. The minimum atomic E-state index is -5.01. The molecule has 1 aliphatic carbocycles. The van der Waals surface area contributed by atoms with Gasteiger partial charge in [-0.05, 0) is 37.5 Å². The molecule has 234 valence electrons. The largest absolute Gasteiger partial charge is 1.00 e. The molecule has 0 amide bonds. The van der Waals surface area contributed by atoms with Gasteiger partial charge in [0.2, 0.25) is 0 Å². The molecule has 13 heteroatoms. The first kappa shape index (κ1) is 41.9. The molecule has 0 aliphatic heterocycles. The van der Waals surface area contributed by atoms with E-state index in [1.54, 1.807) is 0 Å². The summed E-state index contributed by atoms with van der Waals surface area (Å²) in [4.78, 5) is 45.4. The number of hydrogen-bond acceptors (Lipinski definition) is 9. The van der Waals surface area contributed by atoms with Crippen LogP contribution in [0.3, 0.4) is 0 Å².